The third kappa shape index (κ3) is 5.13. The van der Waals surface area contributed by atoms with Crippen LogP contribution in [0.15, 0.2) is 27.6 Å². The number of benzene rings is 1. The number of rotatable bonds is 7. The van der Waals surface area contributed by atoms with Crippen molar-refractivity contribution in [2.75, 3.05) is 24.7 Å². The van der Waals surface area contributed by atoms with Crippen LogP contribution in [-0.2, 0) is 14.6 Å². The van der Waals surface area contributed by atoms with Crippen LogP contribution < -0.4 is 10.6 Å². The number of carbonyl (C=O) groups excluding carboxylic acids is 1. The number of hydrogen-bond acceptors (Lipinski definition) is 4. The number of halogens is 1. The first-order valence-corrected chi connectivity index (χ1v) is 9.04. The van der Waals surface area contributed by atoms with E-state index in [0.717, 1.165) is 19.1 Å². The first-order chi connectivity index (χ1) is 9.36. The monoisotopic (exact) mass is 362 g/mol. The average Bonchev–Trinajstić information content (AvgIpc) is 2.35. The summed E-state index contributed by atoms with van der Waals surface area (Å²) in [5.41, 5.74) is 0.424. The van der Waals surface area contributed by atoms with Crippen LogP contribution in [0.2, 0.25) is 0 Å². The van der Waals surface area contributed by atoms with E-state index < -0.39 is 9.84 Å². The summed E-state index contributed by atoms with van der Waals surface area (Å²) in [4.78, 5) is 11.8. The largest absolute Gasteiger partial charge is 0.375 e. The summed E-state index contributed by atoms with van der Waals surface area (Å²) in [5, 5.41) is 5.63. The Morgan fingerprint density at radius 2 is 2.05 bits per heavy atom. The van der Waals surface area contributed by atoms with Gasteiger partial charge >= 0.3 is 0 Å². The first-order valence-electron chi connectivity index (χ1n) is 6.35. The molecule has 0 unspecified atom stereocenters. The first kappa shape index (κ1) is 17.0. The molecule has 0 aromatic heterocycles. The summed E-state index contributed by atoms with van der Waals surface area (Å²) in [6.45, 7) is 2.72. The van der Waals surface area contributed by atoms with E-state index in [9.17, 15) is 13.2 Å². The van der Waals surface area contributed by atoms with E-state index >= 15 is 0 Å². The lowest BCUT2D eigenvalue weighted by Crippen LogP contribution is -2.30. The molecule has 1 rings (SSSR count). The molecule has 0 fully saturated rings. The summed E-state index contributed by atoms with van der Waals surface area (Å²) < 4.78 is 24.0. The fourth-order valence-corrected chi connectivity index (χ4v) is 3.88. The minimum atomic E-state index is -3.37. The van der Waals surface area contributed by atoms with Crippen LogP contribution in [0.5, 0.6) is 0 Å². The number of nitrogens with one attached hydrogen (secondary N) is 2. The quantitative estimate of drug-likeness (QED) is 0.729. The Morgan fingerprint density at radius 1 is 1.35 bits per heavy atom. The maximum Gasteiger partial charge on any atom is 0.239 e. The SMILES string of the molecule is CCCCNC(=O)CNc1cccc(Br)c1S(C)(=O)=O. The molecule has 5 nitrogen and oxygen atoms in total. The van der Waals surface area contributed by atoms with Crippen LogP contribution in [-0.4, -0.2) is 33.7 Å². The molecule has 0 bridgehead atoms. The Labute approximate surface area is 128 Å². The lowest BCUT2D eigenvalue weighted by atomic mass is 10.3. The van der Waals surface area contributed by atoms with Crippen LogP contribution in [0.1, 0.15) is 19.8 Å². The van der Waals surface area contributed by atoms with E-state index in [0.29, 0.717) is 16.7 Å². The second-order valence-electron chi connectivity index (χ2n) is 4.45. The predicted octanol–water partition coefficient (Wildman–Crippen LogP) is 2.18. The summed E-state index contributed by atoms with van der Waals surface area (Å²) in [5.74, 6) is -0.155. The van der Waals surface area contributed by atoms with Crippen molar-refractivity contribution in [2.45, 2.75) is 24.7 Å². The van der Waals surface area contributed by atoms with Crippen molar-refractivity contribution in [1.29, 1.82) is 0 Å². The summed E-state index contributed by atoms with van der Waals surface area (Å²) in [7, 11) is -3.37. The molecule has 0 aliphatic rings. The summed E-state index contributed by atoms with van der Waals surface area (Å²) in [6, 6.07) is 5.01. The molecule has 0 heterocycles. The maximum atomic E-state index is 11.8. The molecule has 0 aliphatic heterocycles. The van der Waals surface area contributed by atoms with E-state index in [1.165, 1.54) is 0 Å². The van der Waals surface area contributed by atoms with E-state index in [4.69, 9.17) is 0 Å². The van der Waals surface area contributed by atoms with Gasteiger partial charge in [-0.05, 0) is 34.5 Å². The van der Waals surface area contributed by atoms with Crippen molar-refractivity contribution in [3.05, 3.63) is 22.7 Å². The van der Waals surface area contributed by atoms with Gasteiger partial charge in [0.1, 0.15) is 4.90 Å². The van der Waals surface area contributed by atoms with E-state index in [1.807, 2.05) is 6.92 Å². The molecule has 7 heteroatoms. The van der Waals surface area contributed by atoms with Gasteiger partial charge in [0.05, 0.1) is 12.2 Å². The molecule has 0 aliphatic carbocycles. The van der Waals surface area contributed by atoms with Crippen molar-refractivity contribution in [3.63, 3.8) is 0 Å². The van der Waals surface area contributed by atoms with Crippen molar-refractivity contribution in [1.82, 2.24) is 5.32 Å². The molecule has 0 atom stereocenters. The van der Waals surface area contributed by atoms with E-state index in [2.05, 4.69) is 26.6 Å². The number of anilines is 1. The summed E-state index contributed by atoms with van der Waals surface area (Å²) in [6.07, 6.45) is 3.08. The second-order valence-corrected chi connectivity index (χ2v) is 7.25. The molecule has 0 spiro atoms. The molecule has 0 saturated heterocycles. The highest BCUT2D eigenvalue weighted by Crippen LogP contribution is 2.29. The Kier molecular flexibility index (Phi) is 6.48. The van der Waals surface area contributed by atoms with Gasteiger partial charge in [-0.25, -0.2) is 8.42 Å². The third-order valence-corrected chi connectivity index (χ3v) is 4.73. The van der Waals surface area contributed by atoms with E-state index in [-0.39, 0.29) is 17.3 Å². The molecule has 1 aromatic rings. The normalized spacial score (nSPS) is 11.2. The minimum absolute atomic E-state index is 0.0443. The highest BCUT2D eigenvalue weighted by Gasteiger charge is 2.17. The number of hydrogen-bond donors (Lipinski definition) is 2. The average molecular weight is 363 g/mol. The zero-order chi connectivity index (χ0) is 15.2. The molecular weight excluding hydrogens is 344 g/mol. The zero-order valence-corrected chi connectivity index (χ0v) is 14.0. The Bertz CT molecular complexity index is 573. The van der Waals surface area contributed by atoms with Crippen LogP contribution in [0.4, 0.5) is 5.69 Å². The smallest absolute Gasteiger partial charge is 0.239 e. The number of unbranched alkanes of at least 4 members (excludes halogenated alkanes) is 1. The molecule has 1 amide bonds. The fourth-order valence-electron chi connectivity index (χ4n) is 1.67. The molecular formula is C13H19BrN2O3S. The van der Waals surface area contributed by atoms with Crippen molar-refractivity contribution < 1.29 is 13.2 Å². The van der Waals surface area contributed by atoms with Gasteiger partial charge in [-0.2, -0.15) is 0 Å². The zero-order valence-electron chi connectivity index (χ0n) is 11.6. The standard InChI is InChI=1S/C13H19BrN2O3S/c1-3-4-8-15-12(17)9-16-11-7-5-6-10(14)13(11)20(2,18)19/h5-7,16H,3-4,8-9H2,1-2H3,(H,15,17). The molecule has 1 aromatic carbocycles. The van der Waals surface area contributed by atoms with Crippen LogP contribution in [0, 0.1) is 0 Å². The Morgan fingerprint density at radius 3 is 2.65 bits per heavy atom. The molecule has 0 saturated carbocycles. The van der Waals surface area contributed by atoms with Gasteiger partial charge in [0.25, 0.3) is 0 Å². The number of amides is 1. The maximum absolute atomic E-state index is 11.8. The predicted molar refractivity (Wildman–Crippen MR) is 83.7 cm³/mol. The van der Waals surface area contributed by atoms with Gasteiger partial charge in [0.15, 0.2) is 9.84 Å². The Balaban J connectivity index is 2.74. The summed E-state index contributed by atoms with van der Waals surface area (Å²) >= 11 is 3.22. The van der Waals surface area contributed by atoms with Crippen molar-refractivity contribution in [2.24, 2.45) is 0 Å². The van der Waals surface area contributed by atoms with Gasteiger partial charge in [-0.3, -0.25) is 4.79 Å². The van der Waals surface area contributed by atoms with Gasteiger partial charge < -0.3 is 10.6 Å². The van der Waals surface area contributed by atoms with Gasteiger partial charge in [0.2, 0.25) is 5.91 Å². The van der Waals surface area contributed by atoms with Gasteiger partial charge in [-0.1, -0.05) is 19.4 Å². The lowest BCUT2D eigenvalue weighted by Gasteiger charge is -2.12. The minimum Gasteiger partial charge on any atom is -0.375 e. The van der Waals surface area contributed by atoms with Crippen LogP contribution in [0.3, 0.4) is 0 Å². The topological polar surface area (TPSA) is 75.3 Å². The number of carbonyl (C=O) groups is 1. The second kappa shape index (κ2) is 7.64. The van der Waals surface area contributed by atoms with Crippen LogP contribution >= 0.6 is 15.9 Å². The van der Waals surface area contributed by atoms with Crippen molar-refractivity contribution >= 4 is 37.4 Å². The van der Waals surface area contributed by atoms with Crippen LogP contribution in [0.25, 0.3) is 0 Å². The molecule has 20 heavy (non-hydrogen) atoms. The molecule has 2 N–H and O–H groups in total. The fraction of sp³-hybridized carbons (Fsp3) is 0.462. The molecule has 112 valence electrons. The third-order valence-electron chi connectivity index (χ3n) is 2.63. The highest BCUT2D eigenvalue weighted by molar-refractivity contribution is 9.10. The molecule has 0 radical (unpaired) electrons. The Hall–Kier alpha value is -1.08. The number of sulfone groups is 1. The van der Waals surface area contributed by atoms with E-state index in [1.54, 1.807) is 18.2 Å². The van der Waals surface area contributed by atoms with Crippen molar-refractivity contribution in [3.8, 4) is 0 Å². The highest BCUT2D eigenvalue weighted by atomic mass is 79.9. The van der Waals surface area contributed by atoms with Gasteiger partial charge in [-0.15, -0.1) is 0 Å². The lowest BCUT2D eigenvalue weighted by molar-refractivity contribution is -0.119. The van der Waals surface area contributed by atoms with Gasteiger partial charge in [0, 0.05) is 17.3 Å².